The first-order valence-electron chi connectivity index (χ1n) is 15.2. The fraction of sp³-hybridized carbons (Fsp3) is 0.531. The molecule has 2 N–H and O–H groups in total. The fourth-order valence-electron chi connectivity index (χ4n) is 6.02. The number of carbonyl (C=O) groups excluding carboxylic acids is 1. The van der Waals surface area contributed by atoms with Crippen LogP contribution in [0.2, 0.25) is 0 Å². The third kappa shape index (κ3) is 6.02. The summed E-state index contributed by atoms with van der Waals surface area (Å²) in [5.41, 5.74) is -1.11. The van der Waals surface area contributed by atoms with Crippen molar-refractivity contribution in [3.8, 4) is 6.07 Å². The Kier molecular flexibility index (Phi) is 8.97. The lowest BCUT2D eigenvalue weighted by atomic mass is 9.85. The second kappa shape index (κ2) is 12.6. The number of fused-ring (bicyclic) bond motifs is 1. The predicted octanol–water partition coefficient (Wildman–Crippen LogP) is 5.01. The first kappa shape index (κ1) is 31.4. The fourth-order valence-corrected chi connectivity index (χ4v) is 6.02. The average molecular weight is 610 g/mol. The van der Waals surface area contributed by atoms with E-state index in [0.29, 0.717) is 61.9 Å². The first-order valence-corrected chi connectivity index (χ1v) is 15.2. The number of hydrogen-bond donors (Lipinski definition) is 2. The van der Waals surface area contributed by atoms with E-state index in [4.69, 9.17) is 0 Å². The summed E-state index contributed by atoms with van der Waals surface area (Å²) in [6.07, 6.45) is 3.75. The second-order valence-corrected chi connectivity index (χ2v) is 12.0. The minimum atomic E-state index is -3.32. The number of alkyl halides is 2. The average Bonchev–Trinajstić information content (AvgIpc) is 3.81. The van der Waals surface area contributed by atoms with Crippen molar-refractivity contribution in [2.24, 2.45) is 5.92 Å². The Morgan fingerprint density at radius 1 is 1.25 bits per heavy atom. The van der Waals surface area contributed by atoms with E-state index in [1.165, 1.54) is 23.0 Å². The monoisotopic (exact) mass is 609 g/mol. The molecule has 1 atom stereocenters. The van der Waals surface area contributed by atoms with Gasteiger partial charge in [-0.2, -0.15) is 5.26 Å². The molecule has 234 valence electrons. The molecule has 0 bridgehead atoms. The number of nitrogens with zero attached hydrogens (tertiary/aromatic N) is 5. The van der Waals surface area contributed by atoms with E-state index < -0.39 is 34.7 Å². The molecule has 2 aromatic heterocycles. The standard InChI is InChI=1S/C32H38F3N7O2/c1-4-26(43)37-13-6-14-42-29-23(17-25(30(42)44)31(18-36)11-12-31)28(38-19-39-29)40-20(2)22-7-5-8-24(27(22)33)32(34,35)21-9-15-41(3)16-10-21/h5,7-8,17,19-21H,4,6,9-16H2,1-3H3,(H,37,43)(H,38,39,40)/t20-/m1/s1. The van der Waals surface area contributed by atoms with Crippen molar-refractivity contribution in [1.29, 1.82) is 5.26 Å². The van der Waals surface area contributed by atoms with Gasteiger partial charge in [-0.25, -0.2) is 23.1 Å². The van der Waals surface area contributed by atoms with E-state index in [-0.39, 0.29) is 42.2 Å². The van der Waals surface area contributed by atoms with Crippen LogP contribution in [0.15, 0.2) is 35.4 Å². The first-order chi connectivity index (χ1) is 21.0. The molecular weight excluding hydrogens is 571 g/mol. The molecule has 5 rings (SSSR count). The Bertz CT molecular complexity index is 1640. The number of amides is 1. The summed E-state index contributed by atoms with van der Waals surface area (Å²) >= 11 is 0. The van der Waals surface area contributed by atoms with E-state index in [0.717, 1.165) is 6.07 Å². The molecule has 0 unspecified atom stereocenters. The highest BCUT2D eigenvalue weighted by Crippen LogP contribution is 2.47. The van der Waals surface area contributed by atoms with Crippen molar-refractivity contribution >= 4 is 22.8 Å². The molecule has 1 saturated carbocycles. The van der Waals surface area contributed by atoms with Gasteiger partial charge in [0.15, 0.2) is 0 Å². The van der Waals surface area contributed by atoms with Gasteiger partial charge in [0.05, 0.1) is 28.5 Å². The van der Waals surface area contributed by atoms with Gasteiger partial charge in [0.25, 0.3) is 11.5 Å². The van der Waals surface area contributed by atoms with E-state index >= 15 is 13.2 Å². The maximum atomic E-state index is 15.8. The normalized spacial score (nSPS) is 17.7. The van der Waals surface area contributed by atoms with Crippen LogP contribution in [0.5, 0.6) is 0 Å². The number of carbonyl (C=O) groups is 1. The molecule has 2 fully saturated rings. The number of pyridine rings is 1. The van der Waals surface area contributed by atoms with Crippen molar-refractivity contribution < 1.29 is 18.0 Å². The van der Waals surface area contributed by atoms with Gasteiger partial charge in [0.1, 0.15) is 23.6 Å². The number of aromatic nitrogens is 3. The van der Waals surface area contributed by atoms with Crippen molar-refractivity contribution in [2.75, 3.05) is 32.0 Å². The van der Waals surface area contributed by atoms with Crippen LogP contribution in [0.4, 0.5) is 19.0 Å². The minimum Gasteiger partial charge on any atom is -0.363 e. The molecule has 1 amide bonds. The van der Waals surface area contributed by atoms with Gasteiger partial charge in [-0.05, 0) is 65.2 Å². The Hall–Kier alpha value is -3.98. The Labute approximate surface area is 254 Å². The summed E-state index contributed by atoms with van der Waals surface area (Å²) in [5.74, 6) is -5.03. The number of hydrogen-bond acceptors (Lipinski definition) is 7. The molecule has 1 aliphatic carbocycles. The van der Waals surface area contributed by atoms with Gasteiger partial charge in [-0.1, -0.05) is 25.1 Å². The zero-order chi connectivity index (χ0) is 31.6. The number of nitriles is 1. The molecule has 0 radical (unpaired) electrons. The van der Waals surface area contributed by atoms with Crippen molar-refractivity contribution in [3.05, 3.63) is 63.5 Å². The summed E-state index contributed by atoms with van der Waals surface area (Å²) in [6.45, 7) is 5.09. The maximum absolute atomic E-state index is 15.8. The molecule has 0 spiro atoms. The molecular formula is C32H38F3N7O2. The van der Waals surface area contributed by atoms with Crippen molar-refractivity contribution in [2.45, 2.75) is 76.3 Å². The summed E-state index contributed by atoms with van der Waals surface area (Å²) in [4.78, 5) is 36.0. The zero-order valence-corrected chi connectivity index (χ0v) is 25.3. The van der Waals surface area contributed by atoms with Crippen LogP contribution >= 0.6 is 0 Å². The molecule has 1 aromatic carbocycles. The number of nitrogens with one attached hydrogen (secondary N) is 2. The van der Waals surface area contributed by atoms with Crippen LogP contribution < -0.4 is 16.2 Å². The summed E-state index contributed by atoms with van der Waals surface area (Å²) in [7, 11) is 1.89. The number of likely N-dealkylation sites (tertiary alicyclic amines) is 1. The number of aryl methyl sites for hydroxylation is 1. The quantitative estimate of drug-likeness (QED) is 0.294. The van der Waals surface area contributed by atoms with Gasteiger partial charge in [-0.15, -0.1) is 0 Å². The summed E-state index contributed by atoms with van der Waals surface area (Å²) < 4.78 is 48.5. The van der Waals surface area contributed by atoms with Crippen molar-refractivity contribution in [1.82, 2.24) is 24.8 Å². The Morgan fingerprint density at radius 3 is 2.64 bits per heavy atom. The highest BCUT2D eigenvalue weighted by atomic mass is 19.3. The zero-order valence-electron chi connectivity index (χ0n) is 25.3. The highest BCUT2D eigenvalue weighted by molar-refractivity contribution is 5.87. The minimum absolute atomic E-state index is 0.0674. The second-order valence-electron chi connectivity index (χ2n) is 12.0. The van der Waals surface area contributed by atoms with Crippen LogP contribution in [0.3, 0.4) is 0 Å². The lowest BCUT2D eigenvalue weighted by molar-refractivity contribution is -0.120. The molecule has 1 saturated heterocycles. The molecule has 3 aromatic rings. The molecule has 3 heterocycles. The Balaban J connectivity index is 1.48. The van der Waals surface area contributed by atoms with Gasteiger partial charge in [0.2, 0.25) is 5.91 Å². The van der Waals surface area contributed by atoms with Crippen LogP contribution in [-0.4, -0.2) is 52.0 Å². The Morgan fingerprint density at radius 2 is 1.98 bits per heavy atom. The molecule has 12 heteroatoms. The topological polar surface area (TPSA) is 116 Å². The number of anilines is 1. The smallest absolute Gasteiger partial charge is 0.278 e. The number of benzene rings is 1. The molecule has 44 heavy (non-hydrogen) atoms. The van der Waals surface area contributed by atoms with Gasteiger partial charge in [-0.3, -0.25) is 14.2 Å². The number of rotatable bonds is 11. The van der Waals surface area contributed by atoms with E-state index in [1.807, 2.05) is 11.9 Å². The third-order valence-electron chi connectivity index (χ3n) is 9.00. The van der Waals surface area contributed by atoms with Crippen LogP contribution in [-0.2, 0) is 22.7 Å². The lowest BCUT2D eigenvalue weighted by Gasteiger charge is -2.34. The van der Waals surface area contributed by atoms with Crippen LogP contribution in [0.1, 0.15) is 75.1 Å². The maximum Gasteiger partial charge on any atom is 0.278 e. The van der Waals surface area contributed by atoms with E-state index in [2.05, 4.69) is 26.7 Å². The molecule has 9 nitrogen and oxygen atoms in total. The summed E-state index contributed by atoms with van der Waals surface area (Å²) in [5, 5.41) is 16.3. The van der Waals surface area contributed by atoms with Crippen LogP contribution in [0, 0.1) is 23.1 Å². The molecule has 2 aliphatic rings. The van der Waals surface area contributed by atoms with Gasteiger partial charge < -0.3 is 15.5 Å². The van der Waals surface area contributed by atoms with E-state index in [1.54, 1.807) is 19.9 Å². The summed E-state index contributed by atoms with van der Waals surface area (Å²) in [6, 6.07) is 7.23. The SMILES string of the molecule is CCC(=O)NCCCn1c(=O)c(C2(C#N)CC2)cc2c(N[C@H](C)c3cccc(C(F)(F)C4CCN(C)CC4)c3F)ncnc21. The van der Waals surface area contributed by atoms with Gasteiger partial charge in [0, 0.05) is 36.6 Å². The van der Waals surface area contributed by atoms with Gasteiger partial charge >= 0.3 is 0 Å². The number of piperidine rings is 1. The van der Waals surface area contributed by atoms with Crippen molar-refractivity contribution in [3.63, 3.8) is 0 Å². The van der Waals surface area contributed by atoms with Crippen LogP contribution in [0.25, 0.3) is 11.0 Å². The lowest BCUT2D eigenvalue weighted by Crippen LogP contribution is -2.38. The largest absolute Gasteiger partial charge is 0.363 e. The van der Waals surface area contributed by atoms with E-state index in [9.17, 15) is 14.9 Å². The number of halogens is 3. The highest BCUT2D eigenvalue weighted by Gasteiger charge is 2.48. The predicted molar refractivity (Wildman–Crippen MR) is 161 cm³/mol. The molecule has 1 aliphatic heterocycles. The third-order valence-corrected chi connectivity index (χ3v) is 9.00.